The Kier molecular flexibility index (Phi) is 7.58. The lowest BCUT2D eigenvalue weighted by Crippen LogP contribution is -2.14. The van der Waals surface area contributed by atoms with Gasteiger partial charge in [0.25, 0.3) is 0 Å². The van der Waals surface area contributed by atoms with Gasteiger partial charge in [0, 0.05) is 38.4 Å². The molecular weight excluding hydrogens is 729 g/mol. The van der Waals surface area contributed by atoms with Crippen molar-refractivity contribution in [3.8, 4) is 67.3 Å². The van der Waals surface area contributed by atoms with Gasteiger partial charge in [-0.3, -0.25) is 0 Å². The average molecular weight is 767 g/mol. The highest BCUT2D eigenvalue weighted by Crippen LogP contribution is 2.53. The van der Waals surface area contributed by atoms with E-state index in [1.165, 1.54) is 33.0 Å². The van der Waals surface area contributed by atoms with E-state index in [1.54, 1.807) is 0 Å². The number of para-hydroxylation sites is 1. The van der Waals surface area contributed by atoms with Gasteiger partial charge in [0.05, 0.1) is 11.4 Å². The fourth-order valence-corrected chi connectivity index (χ4v) is 9.71. The summed E-state index contributed by atoms with van der Waals surface area (Å²) in [6.07, 6.45) is 0. The fourth-order valence-electron chi connectivity index (χ4n) is 9.71. The van der Waals surface area contributed by atoms with Crippen LogP contribution >= 0.6 is 0 Å². The lowest BCUT2D eigenvalue weighted by atomic mass is 9.81. The number of benzene rings is 9. The Morgan fingerprint density at radius 1 is 0.383 bits per heavy atom. The summed E-state index contributed by atoms with van der Waals surface area (Å²) in [4.78, 5) is 10.7. The smallest absolute Gasteiger partial charge is 0.160 e. The van der Waals surface area contributed by atoms with E-state index >= 15 is 0 Å². The molecule has 3 nitrogen and oxygen atoms in total. The normalized spacial score (nSPS) is 13.0. The van der Waals surface area contributed by atoms with Gasteiger partial charge < -0.3 is 4.42 Å². The summed E-state index contributed by atoms with van der Waals surface area (Å²) in [7, 11) is 0. The van der Waals surface area contributed by atoms with E-state index in [9.17, 15) is 0 Å². The van der Waals surface area contributed by atoms with E-state index in [2.05, 4.69) is 196 Å². The summed E-state index contributed by atoms with van der Waals surface area (Å²) in [5.41, 5.74) is 16.3. The molecule has 282 valence electrons. The van der Waals surface area contributed by atoms with Gasteiger partial charge in [0.15, 0.2) is 5.82 Å². The van der Waals surface area contributed by atoms with Crippen molar-refractivity contribution in [1.82, 2.24) is 9.97 Å². The first-order valence-corrected chi connectivity index (χ1v) is 20.6. The first kappa shape index (κ1) is 34.4. The Balaban J connectivity index is 1.08. The van der Waals surface area contributed by atoms with Crippen molar-refractivity contribution in [2.24, 2.45) is 0 Å². The highest BCUT2D eigenvalue weighted by atomic mass is 16.3. The van der Waals surface area contributed by atoms with Crippen molar-refractivity contribution in [1.29, 1.82) is 0 Å². The summed E-state index contributed by atoms with van der Waals surface area (Å²) in [6.45, 7) is 4.70. The van der Waals surface area contributed by atoms with Crippen LogP contribution in [0.15, 0.2) is 199 Å². The van der Waals surface area contributed by atoms with Crippen LogP contribution in [-0.4, -0.2) is 9.97 Å². The molecule has 0 unspecified atom stereocenters. The van der Waals surface area contributed by atoms with E-state index in [0.717, 1.165) is 83.0 Å². The lowest BCUT2D eigenvalue weighted by Gasteiger charge is -2.22. The number of hydrogen-bond acceptors (Lipinski definition) is 3. The third-order valence-electron chi connectivity index (χ3n) is 12.7. The monoisotopic (exact) mass is 766 g/mol. The number of furan rings is 1. The molecule has 0 saturated carbocycles. The van der Waals surface area contributed by atoms with Crippen molar-refractivity contribution in [2.45, 2.75) is 19.3 Å². The van der Waals surface area contributed by atoms with Gasteiger partial charge >= 0.3 is 0 Å². The Morgan fingerprint density at radius 2 is 1.00 bits per heavy atom. The van der Waals surface area contributed by atoms with E-state index in [-0.39, 0.29) is 5.41 Å². The predicted octanol–water partition coefficient (Wildman–Crippen LogP) is 15.3. The molecule has 11 aromatic rings. The molecule has 0 radical (unpaired) electrons. The second-order valence-corrected chi connectivity index (χ2v) is 16.5. The summed E-state index contributed by atoms with van der Waals surface area (Å²) in [6, 6.07) is 69.5. The first-order chi connectivity index (χ1) is 29.5. The molecule has 1 aliphatic rings. The lowest BCUT2D eigenvalue weighted by molar-refractivity contribution is 0.661. The molecule has 12 rings (SSSR count). The van der Waals surface area contributed by atoms with Crippen molar-refractivity contribution in [3.63, 3.8) is 0 Å². The maximum Gasteiger partial charge on any atom is 0.160 e. The summed E-state index contributed by atoms with van der Waals surface area (Å²) in [5.74, 6) is 0.703. The molecule has 3 heteroatoms. The number of hydrogen-bond donors (Lipinski definition) is 0. The van der Waals surface area contributed by atoms with Crippen LogP contribution in [-0.2, 0) is 5.41 Å². The van der Waals surface area contributed by atoms with Crippen LogP contribution in [0.5, 0.6) is 0 Å². The van der Waals surface area contributed by atoms with E-state index in [1.807, 2.05) is 12.1 Å². The number of nitrogens with zero attached hydrogens (tertiary/aromatic N) is 2. The second kappa shape index (κ2) is 13.2. The topological polar surface area (TPSA) is 38.9 Å². The minimum absolute atomic E-state index is 0.166. The van der Waals surface area contributed by atoms with Gasteiger partial charge in [0.1, 0.15) is 11.2 Å². The van der Waals surface area contributed by atoms with Crippen LogP contribution in [0.1, 0.15) is 25.0 Å². The Bertz CT molecular complexity index is 3510. The molecule has 0 aliphatic heterocycles. The van der Waals surface area contributed by atoms with Crippen molar-refractivity contribution in [2.75, 3.05) is 0 Å². The SMILES string of the molecule is CC1(C)c2cc3ccccc3cc2-c2c(-c3cc(-c4ccc(-c5cc(-c6ccccc6)c6oc7ccccc7c6c5)c5ccccc45)nc(-c4ccccc4)n3)cccc21. The van der Waals surface area contributed by atoms with Crippen molar-refractivity contribution in [3.05, 3.63) is 205 Å². The second-order valence-electron chi connectivity index (χ2n) is 16.5. The van der Waals surface area contributed by atoms with Gasteiger partial charge in [-0.1, -0.05) is 172 Å². The first-order valence-electron chi connectivity index (χ1n) is 20.6. The largest absolute Gasteiger partial charge is 0.455 e. The zero-order valence-corrected chi connectivity index (χ0v) is 33.3. The number of fused-ring (bicyclic) bond motifs is 8. The van der Waals surface area contributed by atoms with E-state index in [0.29, 0.717) is 5.82 Å². The van der Waals surface area contributed by atoms with Crippen LogP contribution in [0.2, 0.25) is 0 Å². The number of rotatable bonds is 5. The quantitative estimate of drug-likeness (QED) is 0.175. The molecule has 1 aliphatic carbocycles. The number of aromatic nitrogens is 2. The molecule has 60 heavy (non-hydrogen) atoms. The minimum Gasteiger partial charge on any atom is -0.455 e. The molecule has 0 bridgehead atoms. The van der Waals surface area contributed by atoms with Crippen LogP contribution in [0.4, 0.5) is 0 Å². The Hall–Kier alpha value is -7.62. The van der Waals surface area contributed by atoms with Gasteiger partial charge in [0.2, 0.25) is 0 Å². The third kappa shape index (κ3) is 5.29. The molecule has 0 saturated heterocycles. The van der Waals surface area contributed by atoms with Crippen LogP contribution in [0.3, 0.4) is 0 Å². The highest BCUT2D eigenvalue weighted by Gasteiger charge is 2.37. The van der Waals surface area contributed by atoms with Crippen molar-refractivity contribution >= 4 is 43.5 Å². The zero-order valence-electron chi connectivity index (χ0n) is 33.3. The molecule has 0 spiro atoms. The maximum absolute atomic E-state index is 6.55. The molecule has 0 amide bonds. The van der Waals surface area contributed by atoms with E-state index < -0.39 is 0 Å². The summed E-state index contributed by atoms with van der Waals surface area (Å²) < 4.78 is 6.55. The maximum atomic E-state index is 6.55. The van der Waals surface area contributed by atoms with Crippen LogP contribution in [0, 0.1) is 0 Å². The summed E-state index contributed by atoms with van der Waals surface area (Å²) in [5, 5.41) is 7.01. The van der Waals surface area contributed by atoms with E-state index in [4.69, 9.17) is 14.4 Å². The Labute approximate surface area is 348 Å². The minimum atomic E-state index is -0.166. The van der Waals surface area contributed by atoms with Crippen LogP contribution < -0.4 is 0 Å². The van der Waals surface area contributed by atoms with Gasteiger partial charge in [-0.25, -0.2) is 9.97 Å². The van der Waals surface area contributed by atoms with Gasteiger partial charge in [-0.15, -0.1) is 0 Å². The van der Waals surface area contributed by atoms with Crippen LogP contribution in [0.25, 0.3) is 111 Å². The standard InChI is InChI=1S/C57H38N2O/c1-57(2)49-26-15-25-45(54(49)48-30-37-20-9-10-21-38(37)33-50(48)57)52-34-51(58-56(59-52)36-18-7-4-8-19-36)43-29-28-40(41-22-11-12-23-42(41)43)39-31-46(35-16-5-3-6-17-35)55-47(32-39)44-24-13-14-27-53(44)60-55/h3-34H,1-2H3. The highest BCUT2D eigenvalue weighted by molar-refractivity contribution is 6.13. The summed E-state index contributed by atoms with van der Waals surface area (Å²) >= 11 is 0. The third-order valence-corrected chi connectivity index (χ3v) is 12.7. The zero-order chi connectivity index (χ0) is 40.0. The Morgan fingerprint density at radius 3 is 1.77 bits per heavy atom. The molecule has 0 N–H and O–H groups in total. The predicted molar refractivity (Wildman–Crippen MR) is 249 cm³/mol. The molecule has 0 fully saturated rings. The average Bonchev–Trinajstić information content (AvgIpc) is 3.79. The van der Waals surface area contributed by atoms with Gasteiger partial charge in [-0.05, 0) is 96.9 Å². The fraction of sp³-hybridized carbons (Fsp3) is 0.0526. The van der Waals surface area contributed by atoms with Gasteiger partial charge in [-0.2, -0.15) is 0 Å². The molecule has 0 atom stereocenters. The molecule has 9 aromatic carbocycles. The van der Waals surface area contributed by atoms with Crippen molar-refractivity contribution < 1.29 is 4.42 Å². The molecular formula is C57H38N2O. The molecule has 2 aromatic heterocycles. The molecule has 2 heterocycles.